The molecule has 2 heterocycles. The van der Waals surface area contributed by atoms with E-state index < -0.39 is 0 Å². The number of anilines is 1. The Morgan fingerprint density at radius 1 is 1.35 bits per heavy atom. The third-order valence-electron chi connectivity index (χ3n) is 3.59. The van der Waals surface area contributed by atoms with Gasteiger partial charge in [0, 0.05) is 19.5 Å². The molecular formula is C17H19N3O2S. The Hall–Kier alpha value is -2.34. The number of carbonyl (C=O) groups is 1. The minimum atomic E-state index is -0.209. The Bertz CT molecular complexity index is 818. The third kappa shape index (κ3) is 3.07. The summed E-state index contributed by atoms with van der Waals surface area (Å²) in [6.45, 7) is 3.77. The first-order valence-corrected chi connectivity index (χ1v) is 8.21. The molecule has 1 N–H and O–H groups in total. The Kier molecular flexibility index (Phi) is 4.09. The number of thiazole rings is 1. The molecule has 0 radical (unpaired) electrons. The van der Waals surface area contributed by atoms with E-state index in [-0.39, 0.29) is 11.9 Å². The van der Waals surface area contributed by atoms with Crippen molar-refractivity contribution in [2.75, 3.05) is 19.0 Å². The molecular weight excluding hydrogens is 310 g/mol. The lowest BCUT2D eigenvalue weighted by Gasteiger charge is -2.10. The minimum absolute atomic E-state index is 0.124. The van der Waals surface area contributed by atoms with E-state index in [1.807, 2.05) is 63.2 Å². The summed E-state index contributed by atoms with van der Waals surface area (Å²) in [5.41, 5.74) is 1.57. The van der Waals surface area contributed by atoms with Gasteiger partial charge in [0.1, 0.15) is 16.2 Å². The molecule has 6 heteroatoms. The van der Waals surface area contributed by atoms with Gasteiger partial charge in [0.15, 0.2) is 5.13 Å². The van der Waals surface area contributed by atoms with E-state index in [4.69, 9.17) is 4.42 Å². The average Bonchev–Trinajstić information content (AvgIpc) is 3.10. The van der Waals surface area contributed by atoms with Crippen molar-refractivity contribution in [3.8, 4) is 0 Å². The monoisotopic (exact) mass is 329 g/mol. The molecule has 3 aromatic rings. The molecule has 23 heavy (non-hydrogen) atoms. The van der Waals surface area contributed by atoms with Crippen LogP contribution >= 0.6 is 11.3 Å². The number of aryl methyl sites for hydroxylation is 1. The number of aromatic nitrogens is 1. The van der Waals surface area contributed by atoms with Crippen molar-refractivity contribution in [3.63, 3.8) is 0 Å². The zero-order valence-corrected chi connectivity index (χ0v) is 14.4. The molecule has 1 amide bonds. The standard InChI is InChI=1S/C17H19N3O2S/c1-10(14-9-12-7-5-6-8-13(12)22-14)18-16(21)15-11(2)19-17(23-15)20(3)4/h5-10H,1-4H3,(H,18,21). The number of hydrogen-bond acceptors (Lipinski definition) is 5. The van der Waals surface area contributed by atoms with Crippen LogP contribution < -0.4 is 10.2 Å². The van der Waals surface area contributed by atoms with Gasteiger partial charge in [-0.1, -0.05) is 29.5 Å². The molecule has 0 aliphatic heterocycles. The van der Waals surface area contributed by atoms with Crippen molar-refractivity contribution in [1.29, 1.82) is 0 Å². The van der Waals surface area contributed by atoms with Crippen molar-refractivity contribution < 1.29 is 9.21 Å². The molecule has 3 rings (SSSR count). The molecule has 0 aliphatic carbocycles. The first kappa shape index (κ1) is 15.6. The number of nitrogens with one attached hydrogen (secondary N) is 1. The van der Waals surface area contributed by atoms with Crippen LogP contribution in [0.15, 0.2) is 34.7 Å². The van der Waals surface area contributed by atoms with Gasteiger partial charge in [-0.25, -0.2) is 4.98 Å². The number of carbonyl (C=O) groups excluding carboxylic acids is 1. The number of rotatable bonds is 4. The molecule has 2 aromatic heterocycles. The predicted octanol–water partition coefficient (Wildman–Crippen LogP) is 3.75. The largest absolute Gasteiger partial charge is 0.459 e. The highest BCUT2D eigenvalue weighted by molar-refractivity contribution is 7.17. The summed E-state index contributed by atoms with van der Waals surface area (Å²) >= 11 is 1.39. The van der Waals surface area contributed by atoms with Crippen LogP contribution in [0.3, 0.4) is 0 Å². The quantitative estimate of drug-likeness (QED) is 0.792. The maximum Gasteiger partial charge on any atom is 0.263 e. The summed E-state index contributed by atoms with van der Waals surface area (Å²) in [6.07, 6.45) is 0. The van der Waals surface area contributed by atoms with Gasteiger partial charge in [0.2, 0.25) is 0 Å². The van der Waals surface area contributed by atoms with Crippen LogP contribution in [0.2, 0.25) is 0 Å². The molecule has 1 unspecified atom stereocenters. The highest BCUT2D eigenvalue weighted by Gasteiger charge is 2.20. The fourth-order valence-electron chi connectivity index (χ4n) is 2.33. The first-order valence-electron chi connectivity index (χ1n) is 7.40. The molecule has 0 aliphatic rings. The second-order valence-corrected chi connectivity index (χ2v) is 6.66. The van der Waals surface area contributed by atoms with E-state index in [0.29, 0.717) is 4.88 Å². The second kappa shape index (κ2) is 6.04. The van der Waals surface area contributed by atoms with E-state index >= 15 is 0 Å². The van der Waals surface area contributed by atoms with Crippen molar-refractivity contribution in [3.05, 3.63) is 46.7 Å². The minimum Gasteiger partial charge on any atom is -0.459 e. The zero-order chi connectivity index (χ0) is 16.6. The van der Waals surface area contributed by atoms with Crippen LogP contribution in [0.4, 0.5) is 5.13 Å². The summed E-state index contributed by atoms with van der Waals surface area (Å²) < 4.78 is 5.81. The Balaban J connectivity index is 1.79. The maximum atomic E-state index is 12.5. The van der Waals surface area contributed by atoms with Gasteiger partial charge in [-0.05, 0) is 26.0 Å². The van der Waals surface area contributed by atoms with Crippen molar-refractivity contribution in [2.24, 2.45) is 0 Å². The van der Waals surface area contributed by atoms with Crippen molar-refractivity contribution >= 4 is 33.3 Å². The van der Waals surface area contributed by atoms with Gasteiger partial charge in [-0.3, -0.25) is 4.79 Å². The first-order chi connectivity index (χ1) is 11.0. The topological polar surface area (TPSA) is 58.4 Å². The van der Waals surface area contributed by atoms with Crippen LogP contribution in [-0.2, 0) is 0 Å². The van der Waals surface area contributed by atoms with Gasteiger partial charge in [0.05, 0.1) is 11.7 Å². The SMILES string of the molecule is Cc1nc(N(C)C)sc1C(=O)NC(C)c1cc2ccccc2o1. The van der Waals surface area contributed by atoms with Gasteiger partial charge in [-0.2, -0.15) is 0 Å². The van der Waals surface area contributed by atoms with Crippen LogP contribution in [0.5, 0.6) is 0 Å². The Labute approximate surface area is 138 Å². The number of furan rings is 1. The van der Waals surface area contributed by atoms with Crippen molar-refractivity contribution in [1.82, 2.24) is 10.3 Å². The van der Waals surface area contributed by atoms with E-state index in [1.54, 1.807) is 0 Å². The summed E-state index contributed by atoms with van der Waals surface area (Å²) in [4.78, 5) is 19.4. The summed E-state index contributed by atoms with van der Waals surface area (Å²) in [5.74, 6) is 0.621. The second-order valence-electron chi connectivity index (χ2n) is 5.69. The average molecular weight is 329 g/mol. The summed E-state index contributed by atoms with van der Waals surface area (Å²) in [5, 5.41) is 4.84. The van der Waals surface area contributed by atoms with Crippen LogP contribution in [0, 0.1) is 6.92 Å². The molecule has 5 nitrogen and oxygen atoms in total. The third-order valence-corrected chi connectivity index (χ3v) is 4.92. The highest BCUT2D eigenvalue weighted by atomic mass is 32.1. The molecule has 0 bridgehead atoms. The highest BCUT2D eigenvalue weighted by Crippen LogP contribution is 2.27. The number of nitrogens with zero attached hydrogens (tertiary/aromatic N) is 2. The number of para-hydroxylation sites is 1. The summed E-state index contributed by atoms with van der Waals surface area (Å²) in [7, 11) is 3.83. The maximum absolute atomic E-state index is 12.5. The van der Waals surface area contributed by atoms with E-state index in [9.17, 15) is 4.79 Å². The fourth-order valence-corrected chi connectivity index (χ4v) is 3.23. The predicted molar refractivity (Wildman–Crippen MR) is 93.3 cm³/mol. The normalized spacial score (nSPS) is 12.3. The van der Waals surface area contributed by atoms with Gasteiger partial charge < -0.3 is 14.6 Å². The zero-order valence-electron chi connectivity index (χ0n) is 13.6. The molecule has 1 atom stereocenters. The molecule has 120 valence electrons. The number of fused-ring (bicyclic) bond motifs is 1. The molecule has 0 saturated heterocycles. The smallest absolute Gasteiger partial charge is 0.263 e. The molecule has 0 fully saturated rings. The fraction of sp³-hybridized carbons (Fsp3) is 0.294. The number of benzene rings is 1. The Morgan fingerprint density at radius 2 is 2.09 bits per heavy atom. The van der Waals surface area contributed by atoms with E-state index in [1.165, 1.54) is 11.3 Å². The number of amides is 1. The van der Waals surface area contributed by atoms with Crippen molar-refractivity contribution in [2.45, 2.75) is 19.9 Å². The van der Waals surface area contributed by atoms with Crippen LogP contribution in [0.25, 0.3) is 11.0 Å². The molecule has 0 spiro atoms. The summed E-state index contributed by atoms with van der Waals surface area (Å²) in [6, 6.07) is 9.57. The molecule has 0 saturated carbocycles. The number of hydrogen-bond donors (Lipinski definition) is 1. The Morgan fingerprint density at radius 3 is 2.74 bits per heavy atom. The van der Waals surface area contributed by atoms with Gasteiger partial charge in [0.25, 0.3) is 5.91 Å². The van der Waals surface area contributed by atoms with Gasteiger partial charge >= 0.3 is 0 Å². The lowest BCUT2D eigenvalue weighted by atomic mass is 10.2. The lowest BCUT2D eigenvalue weighted by Crippen LogP contribution is -2.26. The van der Waals surface area contributed by atoms with Gasteiger partial charge in [-0.15, -0.1) is 0 Å². The van der Waals surface area contributed by atoms with Crippen LogP contribution in [0.1, 0.15) is 34.1 Å². The lowest BCUT2D eigenvalue weighted by molar-refractivity contribution is 0.0939. The van der Waals surface area contributed by atoms with E-state index in [0.717, 1.165) is 27.6 Å². The molecule has 1 aromatic carbocycles. The van der Waals surface area contributed by atoms with E-state index in [2.05, 4.69) is 10.3 Å². The van der Waals surface area contributed by atoms with Crippen LogP contribution in [-0.4, -0.2) is 25.0 Å².